The molecule has 0 aliphatic heterocycles. The van der Waals surface area contributed by atoms with Gasteiger partial charge in [-0.3, -0.25) is 4.79 Å². The normalized spacial score (nSPS) is 17.0. The minimum absolute atomic E-state index is 0.0144. The highest BCUT2D eigenvalue weighted by atomic mass is 32.2. The van der Waals surface area contributed by atoms with Crippen molar-refractivity contribution in [2.45, 2.75) is 82.4 Å². The molecule has 1 atom stereocenters. The third kappa shape index (κ3) is 6.27. The van der Waals surface area contributed by atoms with Crippen molar-refractivity contribution in [1.29, 1.82) is 0 Å². The van der Waals surface area contributed by atoms with Crippen LogP contribution in [-0.2, 0) is 19.6 Å². The van der Waals surface area contributed by atoms with Crippen molar-refractivity contribution in [2.75, 3.05) is 7.05 Å². The van der Waals surface area contributed by atoms with Gasteiger partial charge in [-0.05, 0) is 64.8 Å². The van der Waals surface area contributed by atoms with E-state index in [9.17, 15) is 18.0 Å². The molecule has 1 N–H and O–H groups in total. The topological polar surface area (TPSA) is 92.8 Å². The number of carbonyl (C=O) groups excluding carboxylic acids is 2. The molecular formula is C21H32N2O5S. The minimum atomic E-state index is -3.62. The zero-order valence-corrected chi connectivity index (χ0v) is 18.7. The molecule has 29 heavy (non-hydrogen) atoms. The van der Waals surface area contributed by atoms with Gasteiger partial charge >= 0.3 is 5.97 Å². The van der Waals surface area contributed by atoms with E-state index >= 15 is 0 Å². The summed E-state index contributed by atoms with van der Waals surface area (Å²) in [4.78, 5) is 24.5. The lowest BCUT2D eigenvalue weighted by atomic mass is 9.96. The molecule has 0 bridgehead atoms. The van der Waals surface area contributed by atoms with E-state index in [1.165, 1.54) is 35.5 Å². The largest absolute Gasteiger partial charge is 0.449 e. The summed E-state index contributed by atoms with van der Waals surface area (Å²) in [5.41, 5.74) is -0.238. The Morgan fingerprint density at radius 3 is 2.17 bits per heavy atom. The predicted molar refractivity (Wildman–Crippen MR) is 111 cm³/mol. The zero-order valence-electron chi connectivity index (χ0n) is 17.9. The first-order chi connectivity index (χ1) is 13.4. The van der Waals surface area contributed by atoms with Gasteiger partial charge in [0.05, 0.1) is 10.5 Å². The van der Waals surface area contributed by atoms with Crippen LogP contribution in [0.4, 0.5) is 0 Å². The third-order valence-corrected chi connectivity index (χ3v) is 6.93. The summed E-state index contributed by atoms with van der Waals surface area (Å²) in [6, 6.07) is 5.66. The van der Waals surface area contributed by atoms with E-state index in [2.05, 4.69) is 5.32 Å². The van der Waals surface area contributed by atoms with Crippen LogP contribution in [0.2, 0.25) is 0 Å². The SMILES string of the molecule is CC(OC(=O)c1ccc(S(=O)(=O)N(C)C2CCCCC2)cc1)C(=O)NC(C)(C)C. The highest BCUT2D eigenvalue weighted by Gasteiger charge is 2.29. The molecule has 1 saturated carbocycles. The molecular weight excluding hydrogens is 392 g/mol. The van der Waals surface area contributed by atoms with Crippen molar-refractivity contribution in [3.05, 3.63) is 29.8 Å². The molecule has 0 radical (unpaired) electrons. The van der Waals surface area contributed by atoms with Crippen molar-refractivity contribution in [2.24, 2.45) is 0 Å². The Morgan fingerprint density at radius 1 is 1.10 bits per heavy atom. The zero-order chi connectivity index (χ0) is 21.8. The first-order valence-corrected chi connectivity index (χ1v) is 11.5. The van der Waals surface area contributed by atoms with E-state index in [1.807, 2.05) is 20.8 Å². The van der Waals surface area contributed by atoms with Gasteiger partial charge in [0.15, 0.2) is 6.10 Å². The second-order valence-electron chi connectivity index (χ2n) is 8.62. The second-order valence-corrected chi connectivity index (χ2v) is 10.6. The summed E-state index contributed by atoms with van der Waals surface area (Å²) in [7, 11) is -2.01. The molecule has 1 fully saturated rings. The summed E-state index contributed by atoms with van der Waals surface area (Å²) >= 11 is 0. The highest BCUT2D eigenvalue weighted by Crippen LogP contribution is 2.26. The molecule has 8 heteroatoms. The van der Waals surface area contributed by atoms with Gasteiger partial charge in [0.2, 0.25) is 10.0 Å². The molecule has 1 aromatic rings. The van der Waals surface area contributed by atoms with Crippen LogP contribution in [0, 0.1) is 0 Å². The molecule has 0 heterocycles. The summed E-state index contributed by atoms with van der Waals surface area (Å²) < 4.78 is 32.4. The maximum Gasteiger partial charge on any atom is 0.338 e. The smallest absolute Gasteiger partial charge is 0.338 e. The number of benzene rings is 1. The minimum Gasteiger partial charge on any atom is -0.449 e. The number of rotatable bonds is 6. The second kappa shape index (κ2) is 9.26. The lowest BCUT2D eigenvalue weighted by Gasteiger charge is -2.30. The molecule has 1 aliphatic rings. The average molecular weight is 425 g/mol. The number of amides is 1. The maximum absolute atomic E-state index is 12.9. The highest BCUT2D eigenvalue weighted by molar-refractivity contribution is 7.89. The van der Waals surface area contributed by atoms with Crippen molar-refractivity contribution in [3.63, 3.8) is 0 Å². The summed E-state index contributed by atoms with van der Waals surface area (Å²) in [6.45, 7) is 7.01. The Hall–Kier alpha value is -1.93. The van der Waals surface area contributed by atoms with E-state index < -0.39 is 27.6 Å². The van der Waals surface area contributed by atoms with Crippen LogP contribution in [0.15, 0.2) is 29.2 Å². The van der Waals surface area contributed by atoms with E-state index in [1.54, 1.807) is 7.05 Å². The quantitative estimate of drug-likeness (QED) is 0.709. The van der Waals surface area contributed by atoms with Gasteiger partial charge in [0.25, 0.3) is 5.91 Å². The molecule has 2 rings (SSSR count). The fourth-order valence-electron chi connectivity index (χ4n) is 3.32. The fraction of sp³-hybridized carbons (Fsp3) is 0.619. The number of nitrogens with one attached hydrogen (secondary N) is 1. The van der Waals surface area contributed by atoms with Crippen LogP contribution in [0.3, 0.4) is 0 Å². The van der Waals surface area contributed by atoms with Crippen LogP contribution in [-0.4, -0.2) is 49.3 Å². The Bertz CT molecular complexity index is 822. The van der Waals surface area contributed by atoms with Crippen molar-refractivity contribution in [3.8, 4) is 0 Å². The molecule has 1 aliphatic carbocycles. The Kier molecular flexibility index (Phi) is 7.45. The van der Waals surface area contributed by atoms with Crippen molar-refractivity contribution < 1.29 is 22.7 Å². The average Bonchev–Trinajstić information content (AvgIpc) is 2.66. The first kappa shape index (κ1) is 23.3. The van der Waals surface area contributed by atoms with E-state index in [0.29, 0.717) is 0 Å². The Labute approximate surface area is 173 Å². The summed E-state index contributed by atoms with van der Waals surface area (Å²) in [6.07, 6.45) is 4.01. The van der Waals surface area contributed by atoms with Crippen LogP contribution in [0.5, 0.6) is 0 Å². The van der Waals surface area contributed by atoms with E-state index in [4.69, 9.17) is 4.74 Å². The van der Waals surface area contributed by atoms with Crippen molar-refractivity contribution in [1.82, 2.24) is 9.62 Å². The molecule has 162 valence electrons. The lowest BCUT2D eigenvalue weighted by molar-refractivity contribution is -0.130. The van der Waals surface area contributed by atoms with Gasteiger partial charge in [-0.25, -0.2) is 13.2 Å². The van der Waals surface area contributed by atoms with Crippen LogP contribution in [0.1, 0.15) is 70.2 Å². The number of sulfonamides is 1. The first-order valence-electron chi connectivity index (χ1n) is 10.0. The molecule has 0 spiro atoms. The van der Waals surface area contributed by atoms with E-state index in [0.717, 1.165) is 32.1 Å². The molecule has 1 unspecified atom stereocenters. The van der Waals surface area contributed by atoms with Gasteiger partial charge in [0, 0.05) is 18.6 Å². The van der Waals surface area contributed by atoms with Gasteiger partial charge in [0.1, 0.15) is 0 Å². The fourth-order valence-corrected chi connectivity index (χ4v) is 4.74. The number of esters is 1. The van der Waals surface area contributed by atoms with Gasteiger partial charge in [-0.1, -0.05) is 19.3 Å². The molecule has 7 nitrogen and oxygen atoms in total. The van der Waals surface area contributed by atoms with Gasteiger partial charge < -0.3 is 10.1 Å². The Balaban J connectivity index is 2.05. The standard InChI is InChI=1S/C21H32N2O5S/c1-15(19(24)22-21(2,3)4)28-20(25)16-11-13-18(14-12-16)29(26,27)23(5)17-9-7-6-8-10-17/h11-15,17H,6-10H2,1-5H3,(H,22,24). The van der Waals surface area contributed by atoms with Gasteiger partial charge in [-0.15, -0.1) is 0 Å². The number of hydrogen-bond donors (Lipinski definition) is 1. The van der Waals surface area contributed by atoms with Crippen LogP contribution < -0.4 is 5.32 Å². The number of hydrogen-bond acceptors (Lipinski definition) is 5. The summed E-state index contributed by atoms with van der Waals surface area (Å²) in [5, 5.41) is 2.75. The maximum atomic E-state index is 12.9. The Morgan fingerprint density at radius 2 is 1.66 bits per heavy atom. The number of nitrogens with zero attached hydrogens (tertiary/aromatic N) is 1. The van der Waals surface area contributed by atoms with Gasteiger partial charge in [-0.2, -0.15) is 4.31 Å². The number of ether oxygens (including phenoxy) is 1. The summed E-state index contributed by atoms with van der Waals surface area (Å²) in [5.74, 6) is -1.06. The van der Waals surface area contributed by atoms with Crippen molar-refractivity contribution >= 4 is 21.9 Å². The lowest BCUT2D eigenvalue weighted by Crippen LogP contribution is -2.46. The monoisotopic (exact) mass is 424 g/mol. The molecule has 1 aromatic carbocycles. The van der Waals surface area contributed by atoms with E-state index in [-0.39, 0.29) is 22.4 Å². The van der Waals surface area contributed by atoms with Crippen LogP contribution >= 0.6 is 0 Å². The molecule has 0 aromatic heterocycles. The molecule has 1 amide bonds. The number of carbonyl (C=O) groups is 2. The van der Waals surface area contributed by atoms with Crippen LogP contribution in [0.25, 0.3) is 0 Å². The third-order valence-electron chi connectivity index (χ3n) is 5.01. The molecule has 0 saturated heterocycles. The predicted octanol–water partition coefficient (Wildman–Crippen LogP) is 3.10.